The molecule has 0 aliphatic carbocycles. The molecule has 1 unspecified atom stereocenters. The van der Waals surface area contributed by atoms with Crippen LogP contribution in [0.2, 0.25) is 0 Å². The standard InChI is InChI=1S/C12H20Br2N2O/c1-3-8(4-2)7-16-10(6-15)11-5-9(13)12(14)17-11/h5,8,10,16H,3-4,6-7,15H2,1-2H3. The highest BCUT2D eigenvalue weighted by Crippen LogP contribution is 2.29. The monoisotopic (exact) mass is 366 g/mol. The fraction of sp³-hybridized carbons (Fsp3) is 0.667. The maximum Gasteiger partial charge on any atom is 0.183 e. The van der Waals surface area contributed by atoms with Gasteiger partial charge in [0.15, 0.2) is 4.67 Å². The van der Waals surface area contributed by atoms with E-state index in [9.17, 15) is 0 Å². The number of rotatable bonds is 7. The van der Waals surface area contributed by atoms with Crippen LogP contribution in [0.25, 0.3) is 0 Å². The molecular formula is C12H20Br2N2O. The molecule has 0 radical (unpaired) electrons. The molecule has 1 rings (SSSR count). The van der Waals surface area contributed by atoms with Crippen LogP contribution in [-0.4, -0.2) is 13.1 Å². The van der Waals surface area contributed by atoms with E-state index >= 15 is 0 Å². The minimum absolute atomic E-state index is 0.0817. The molecule has 0 fully saturated rings. The van der Waals surface area contributed by atoms with Crippen LogP contribution in [0.3, 0.4) is 0 Å². The average Bonchev–Trinajstić information content (AvgIpc) is 2.65. The summed E-state index contributed by atoms with van der Waals surface area (Å²) < 4.78 is 7.24. The van der Waals surface area contributed by atoms with Crippen LogP contribution in [0.1, 0.15) is 38.5 Å². The first-order chi connectivity index (χ1) is 8.12. The minimum Gasteiger partial charge on any atom is -0.451 e. The van der Waals surface area contributed by atoms with Gasteiger partial charge in [-0.25, -0.2) is 0 Å². The van der Waals surface area contributed by atoms with Crippen molar-refractivity contribution < 1.29 is 4.42 Å². The lowest BCUT2D eigenvalue weighted by atomic mass is 10.0. The summed E-state index contributed by atoms with van der Waals surface area (Å²) in [5, 5.41) is 3.47. The van der Waals surface area contributed by atoms with Gasteiger partial charge in [-0.15, -0.1) is 0 Å². The smallest absolute Gasteiger partial charge is 0.183 e. The molecule has 0 amide bonds. The van der Waals surface area contributed by atoms with Crippen LogP contribution in [-0.2, 0) is 0 Å². The van der Waals surface area contributed by atoms with Gasteiger partial charge in [-0.2, -0.15) is 0 Å². The Hall–Kier alpha value is 0.160. The van der Waals surface area contributed by atoms with Crippen LogP contribution in [0.15, 0.2) is 19.6 Å². The predicted octanol–water partition coefficient (Wildman–Crippen LogP) is 3.83. The van der Waals surface area contributed by atoms with Gasteiger partial charge in [0.25, 0.3) is 0 Å². The lowest BCUT2D eigenvalue weighted by molar-refractivity contribution is 0.366. The lowest BCUT2D eigenvalue weighted by Crippen LogP contribution is -2.31. The van der Waals surface area contributed by atoms with Crippen LogP contribution >= 0.6 is 31.9 Å². The summed E-state index contributed by atoms with van der Waals surface area (Å²) in [6.07, 6.45) is 2.37. The summed E-state index contributed by atoms with van der Waals surface area (Å²) in [6, 6.07) is 2.04. The van der Waals surface area contributed by atoms with Crippen molar-refractivity contribution in [1.82, 2.24) is 5.32 Å². The molecule has 0 aliphatic heterocycles. The number of nitrogens with one attached hydrogen (secondary N) is 1. The van der Waals surface area contributed by atoms with Crippen molar-refractivity contribution in [2.24, 2.45) is 11.7 Å². The second-order valence-electron chi connectivity index (χ2n) is 4.15. The highest BCUT2D eigenvalue weighted by atomic mass is 79.9. The molecule has 0 spiro atoms. The third-order valence-corrected chi connectivity index (χ3v) is 4.76. The van der Waals surface area contributed by atoms with E-state index in [1.807, 2.05) is 6.07 Å². The second kappa shape index (κ2) is 7.56. The van der Waals surface area contributed by atoms with E-state index in [1.165, 1.54) is 12.8 Å². The molecule has 0 saturated heterocycles. The zero-order valence-corrected chi connectivity index (χ0v) is 13.5. The Balaban J connectivity index is 2.59. The molecule has 1 aromatic rings. The van der Waals surface area contributed by atoms with Gasteiger partial charge in [-0.1, -0.05) is 26.7 Å². The summed E-state index contributed by atoms with van der Waals surface area (Å²) in [5.74, 6) is 1.57. The molecular weight excluding hydrogens is 348 g/mol. The third-order valence-electron chi connectivity index (χ3n) is 3.05. The van der Waals surface area contributed by atoms with Crippen LogP contribution in [0.4, 0.5) is 0 Å². The largest absolute Gasteiger partial charge is 0.451 e. The molecule has 1 aromatic heterocycles. The normalized spacial score (nSPS) is 13.3. The van der Waals surface area contributed by atoms with Crippen molar-refractivity contribution in [2.45, 2.75) is 32.7 Å². The molecule has 1 atom stereocenters. The van der Waals surface area contributed by atoms with E-state index in [0.29, 0.717) is 12.5 Å². The molecule has 0 aromatic carbocycles. The van der Waals surface area contributed by atoms with E-state index in [-0.39, 0.29) is 6.04 Å². The molecule has 0 bridgehead atoms. The van der Waals surface area contributed by atoms with Crippen molar-refractivity contribution in [1.29, 1.82) is 0 Å². The average molecular weight is 368 g/mol. The van der Waals surface area contributed by atoms with Gasteiger partial charge < -0.3 is 15.5 Å². The van der Waals surface area contributed by atoms with E-state index in [2.05, 4.69) is 51.0 Å². The van der Waals surface area contributed by atoms with Gasteiger partial charge in [0.05, 0.1) is 10.5 Å². The number of halogens is 2. The van der Waals surface area contributed by atoms with E-state index < -0.39 is 0 Å². The SMILES string of the molecule is CCC(CC)CNC(CN)c1cc(Br)c(Br)o1. The molecule has 0 aliphatic rings. The van der Waals surface area contributed by atoms with Gasteiger partial charge in [0.1, 0.15) is 5.76 Å². The van der Waals surface area contributed by atoms with Crippen molar-refractivity contribution in [2.75, 3.05) is 13.1 Å². The maximum atomic E-state index is 5.78. The molecule has 0 saturated carbocycles. The predicted molar refractivity (Wildman–Crippen MR) is 78.0 cm³/mol. The molecule has 98 valence electrons. The topological polar surface area (TPSA) is 51.2 Å². The first kappa shape index (κ1) is 15.2. The number of hydrogen-bond acceptors (Lipinski definition) is 3. The summed E-state index contributed by atoms with van der Waals surface area (Å²) in [5.41, 5.74) is 5.78. The number of hydrogen-bond donors (Lipinski definition) is 2. The van der Waals surface area contributed by atoms with Crippen molar-refractivity contribution in [3.05, 3.63) is 21.0 Å². The Morgan fingerprint density at radius 2 is 2.00 bits per heavy atom. The Kier molecular flexibility index (Phi) is 6.77. The fourth-order valence-electron chi connectivity index (χ4n) is 1.72. The van der Waals surface area contributed by atoms with Crippen LogP contribution in [0, 0.1) is 5.92 Å². The Bertz CT molecular complexity index is 318. The van der Waals surface area contributed by atoms with E-state index in [0.717, 1.165) is 21.4 Å². The Morgan fingerprint density at radius 3 is 2.41 bits per heavy atom. The van der Waals surface area contributed by atoms with E-state index in [4.69, 9.17) is 10.2 Å². The molecule has 17 heavy (non-hydrogen) atoms. The van der Waals surface area contributed by atoms with Crippen molar-refractivity contribution in [3.8, 4) is 0 Å². The summed E-state index contributed by atoms with van der Waals surface area (Å²) in [6.45, 7) is 5.94. The lowest BCUT2D eigenvalue weighted by Gasteiger charge is -2.18. The fourth-order valence-corrected chi connectivity index (χ4v) is 2.33. The minimum atomic E-state index is 0.0817. The van der Waals surface area contributed by atoms with Gasteiger partial charge in [0.2, 0.25) is 0 Å². The summed E-state index contributed by atoms with van der Waals surface area (Å²) >= 11 is 6.75. The molecule has 5 heteroatoms. The summed E-state index contributed by atoms with van der Waals surface area (Å²) in [7, 11) is 0. The number of furan rings is 1. The zero-order valence-electron chi connectivity index (χ0n) is 10.3. The molecule has 3 nitrogen and oxygen atoms in total. The van der Waals surface area contributed by atoms with Crippen molar-refractivity contribution >= 4 is 31.9 Å². The number of nitrogens with two attached hydrogens (primary N) is 1. The van der Waals surface area contributed by atoms with Gasteiger partial charge in [0, 0.05) is 6.54 Å². The van der Waals surface area contributed by atoms with Gasteiger partial charge in [-0.3, -0.25) is 0 Å². The Morgan fingerprint density at radius 1 is 1.35 bits per heavy atom. The van der Waals surface area contributed by atoms with Crippen LogP contribution < -0.4 is 11.1 Å². The maximum absolute atomic E-state index is 5.78. The van der Waals surface area contributed by atoms with Gasteiger partial charge >= 0.3 is 0 Å². The third kappa shape index (κ3) is 4.39. The van der Waals surface area contributed by atoms with Crippen molar-refractivity contribution in [3.63, 3.8) is 0 Å². The Labute approximate surface area is 120 Å². The quantitative estimate of drug-likeness (QED) is 0.769. The highest BCUT2D eigenvalue weighted by Gasteiger charge is 2.17. The second-order valence-corrected chi connectivity index (χ2v) is 5.72. The van der Waals surface area contributed by atoms with E-state index in [1.54, 1.807) is 0 Å². The molecule has 1 heterocycles. The first-order valence-electron chi connectivity index (χ1n) is 6.00. The van der Waals surface area contributed by atoms with Crippen LogP contribution in [0.5, 0.6) is 0 Å². The zero-order chi connectivity index (χ0) is 12.8. The van der Waals surface area contributed by atoms with Gasteiger partial charge in [-0.05, 0) is 50.4 Å². The highest BCUT2D eigenvalue weighted by molar-refractivity contribution is 9.13. The summed E-state index contributed by atoms with van der Waals surface area (Å²) in [4.78, 5) is 0. The molecule has 3 N–H and O–H groups in total. The first-order valence-corrected chi connectivity index (χ1v) is 7.59.